The molecule has 5 nitrogen and oxygen atoms in total. The van der Waals surface area contributed by atoms with E-state index in [1.54, 1.807) is 4.90 Å². The predicted molar refractivity (Wildman–Crippen MR) is 77.0 cm³/mol. The Balaban J connectivity index is 1.59. The number of benzene rings is 1. The molecular weight excluding hydrogens is 254 g/mol. The summed E-state index contributed by atoms with van der Waals surface area (Å²) in [5, 5.41) is 5.69. The lowest BCUT2D eigenvalue weighted by molar-refractivity contribution is -0.129. The van der Waals surface area contributed by atoms with Gasteiger partial charge in [-0.25, -0.2) is 0 Å². The third kappa shape index (κ3) is 4.66. The first-order valence-corrected chi connectivity index (χ1v) is 6.94. The molecule has 0 saturated heterocycles. The second-order valence-electron chi connectivity index (χ2n) is 5.10. The highest BCUT2D eigenvalue weighted by atomic mass is 16.2. The molecular formula is C15H21N3O2. The summed E-state index contributed by atoms with van der Waals surface area (Å²) >= 11 is 0. The molecule has 0 heterocycles. The van der Waals surface area contributed by atoms with Gasteiger partial charge >= 0.3 is 0 Å². The van der Waals surface area contributed by atoms with Crippen LogP contribution in [0.1, 0.15) is 18.4 Å². The molecule has 0 bridgehead atoms. The lowest BCUT2D eigenvalue weighted by Crippen LogP contribution is -2.40. The van der Waals surface area contributed by atoms with E-state index in [0.717, 1.165) is 18.4 Å². The van der Waals surface area contributed by atoms with Crippen LogP contribution in [0.2, 0.25) is 0 Å². The number of nitrogens with zero attached hydrogens (tertiary/aromatic N) is 1. The molecule has 20 heavy (non-hydrogen) atoms. The molecule has 2 amide bonds. The molecule has 0 aromatic heterocycles. The van der Waals surface area contributed by atoms with Gasteiger partial charge in [0.1, 0.15) is 0 Å². The Labute approximate surface area is 119 Å². The molecule has 0 spiro atoms. The smallest absolute Gasteiger partial charge is 0.236 e. The molecule has 0 atom stereocenters. The van der Waals surface area contributed by atoms with Crippen molar-refractivity contribution in [3.8, 4) is 0 Å². The summed E-state index contributed by atoms with van der Waals surface area (Å²) in [7, 11) is 1.82. The number of carbonyl (C=O) groups is 2. The van der Waals surface area contributed by atoms with Crippen molar-refractivity contribution < 1.29 is 9.59 Å². The Morgan fingerprint density at radius 3 is 2.55 bits per heavy atom. The van der Waals surface area contributed by atoms with Gasteiger partial charge in [0.05, 0.1) is 13.1 Å². The third-order valence-electron chi connectivity index (χ3n) is 3.38. The van der Waals surface area contributed by atoms with Crippen molar-refractivity contribution in [2.45, 2.75) is 25.4 Å². The number of rotatable bonds is 7. The molecule has 108 valence electrons. The van der Waals surface area contributed by atoms with Crippen LogP contribution >= 0.6 is 0 Å². The van der Waals surface area contributed by atoms with Crippen molar-refractivity contribution in [3.05, 3.63) is 35.9 Å². The highest BCUT2D eigenvalue weighted by Gasteiger charge is 2.29. The first-order chi connectivity index (χ1) is 9.66. The van der Waals surface area contributed by atoms with E-state index in [1.807, 2.05) is 37.4 Å². The molecule has 1 aromatic rings. The fourth-order valence-corrected chi connectivity index (χ4v) is 1.93. The zero-order valence-corrected chi connectivity index (χ0v) is 11.8. The second kappa shape index (κ2) is 7.05. The maximum atomic E-state index is 11.7. The Morgan fingerprint density at radius 1 is 1.20 bits per heavy atom. The van der Waals surface area contributed by atoms with Crippen molar-refractivity contribution in [1.82, 2.24) is 15.5 Å². The van der Waals surface area contributed by atoms with E-state index >= 15 is 0 Å². The van der Waals surface area contributed by atoms with Gasteiger partial charge in [0, 0.05) is 19.6 Å². The van der Waals surface area contributed by atoms with Gasteiger partial charge in [-0.2, -0.15) is 0 Å². The average Bonchev–Trinajstić information content (AvgIpc) is 3.30. The van der Waals surface area contributed by atoms with Gasteiger partial charge in [-0.15, -0.1) is 0 Å². The molecule has 0 unspecified atom stereocenters. The van der Waals surface area contributed by atoms with E-state index in [9.17, 15) is 9.59 Å². The topological polar surface area (TPSA) is 61.4 Å². The molecule has 0 radical (unpaired) electrons. The van der Waals surface area contributed by atoms with Crippen LogP contribution in [0.25, 0.3) is 0 Å². The highest BCUT2D eigenvalue weighted by molar-refractivity contribution is 5.81. The van der Waals surface area contributed by atoms with Gasteiger partial charge in [-0.05, 0) is 18.4 Å². The van der Waals surface area contributed by atoms with E-state index < -0.39 is 0 Å². The number of hydrogen-bond acceptors (Lipinski definition) is 3. The minimum absolute atomic E-state index is 0.0448. The van der Waals surface area contributed by atoms with E-state index in [1.165, 1.54) is 0 Å². The largest absolute Gasteiger partial charge is 0.351 e. The highest BCUT2D eigenvalue weighted by Crippen LogP contribution is 2.24. The summed E-state index contributed by atoms with van der Waals surface area (Å²) in [6.45, 7) is 0.889. The van der Waals surface area contributed by atoms with Gasteiger partial charge < -0.3 is 10.2 Å². The van der Waals surface area contributed by atoms with Gasteiger partial charge in [-0.1, -0.05) is 30.3 Å². The van der Waals surface area contributed by atoms with Crippen molar-refractivity contribution in [2.75, 3.05) is 20.1 Å². The van der Waals surface area contributed by atoms with Crippen LogP contribution in [0, 0.1) is 0 Å². The first-order valence-electron chi connectivity index (χ1n) is 6.94. The third-order valence-corrected chi connectivity index (χ3v) is 3.38. The minimum Gasteiger partial charge on any atom is -0.351 e. The maximum absolute atomic E-state index is 11.7. The van der Waals surface area contributed by atoms with Gasteiger partial charge in [-0.3, -0.25) is 14.9 Å². The maximum Gasteiger partial charge on any atom is 0.236 e. The molecule has 1 aliphatic carbocycles. The molecule has 2 rings (SSSR count). The van der Waals surface area contributed by atoms with E-state index in [2.05, 4.69) is 10.6 Å². The Bertz CT molecular complexity index is 457. The van der Waals surface area contributed by atoms with Crippen LogP contribution in [0.5, 0.6) is 0 Å². The summed E-state index contributed by atoms with van der Waals surface area (Å²) in [5.74, 6) is -0.0564. The van der Waals surface area contributed by atoms with Gasteiger partial charge in [0.25, 0.3) is 0 Å². The zero-order valence-electron chi connectivity index (χ0n) is 11.8. The number of hydrogen-bond donors (Lipinski definition) is 2. The monoisotopic (exact) mass is 275 g/mol. The molecule has 0 aliphatic heterocycles. The summed E-state index contributed by atoms with van der Waals surface area (Å²) in [4.78, 5) is 25.1. The van der Waals surface area contributed by atoms with Crippen LogP contribution in [-0.4, -0.2) is 42.9 Å². The Morgan fingerprint density at radius 2 is 1.90 bits per heavy atom. The SMILES string of the molecule is CN(C(=O)CNCC(=O)NCc1ccccc1)C1CC1. The van der Waals surface area contributed by atoms with Crippen molar-refractivity contribution >= 4 is 11.8 Å². The minimum atomic E-state index is -0.101. The first kappa shape index (κ1) is 14.5. The standard InChI is InChI=1S/C15H21N3O2/c1-18(13-7-8-13)15(20)11-16-10-14(19)17-9-12-5-3-2-4-6-12/h2-6,13,16H,7-11H2,1H3,(H,17,19). The summed E-state index contributed by atoms with van der Waals surface area (Å²) < 4.78 is 0. The van der Waals surface area contributed by atoms with Gasteiger partial charge in [0.2, 0.25) is 11.8 Å². The number of likely N-dealkylation sites (N-methyl/N-ethyl adjacent to an activating group) is 1. The number of amides is 2. The van der Waals surface area contributed by atoms with E-state index in [4.69, 9.17) is 0 Å². The van der Waals surface area contributed by atoms with Crippen LogP contribution in [-0.2, 0) is 16.1 Å². The normalized spacial score (nSPS) is 13.8. The molecule has 1 saturated carbocycles. The van der Waals surface area contributed by atoms with Crippen molar-refractivity contribution in [3.63, 3.8) is 0 Å². The van der Waals surface area contributed by atoms with Crippen LogP contribution in [0.3, 0.4) is 0 Å². The van der Waals surface area contributed by atoms with Crippen LogP contribution in [0.15, 0.2) is 30.3 Å². The second-order valence-corrected chi connectivity index (χ2v) is 5.10. The van der Waals surface area contributed by atoms with E-state index in [0.29, 0.717) is 12.6 Å². The molecule has 1 aromatic carbocycles. The molecule has 2 N–H and O–H groups in total. The quantitative estimate of drug-likeness (QED) is 0.762. The molecule has 1 fully saturated rings. The summed E-state index contributed by atoms with van der Waals surface area (Å²) in [5.41, 5.74) is 1.06. The van der Waals surface area contributed by atoms with Gasteiger partial charge in [0.15, 0.2) is 0 Å². The van der Waals surface area contributed by atoms with Crippen molar-refractivity contribution in [2.24, 2.45) is 0 Å². The lowest BCUT2D eigenvalue weighted by Gasteiger charge is -2.16. The lowest BCUT2D eigenvalue weighted by atomic mass is 10.2. The fourth-order valence-electron chi connectivity index (χ4n) is 1.93. The summed E-state index contributed by atoms with van der Waals surface area (Å²) in [6, 6.07) is 10.1. The van der Waals surface area contributed by atoms with Crippen LogP contribution in [0.4, 0.5) is 0 Å². The fraction of sp³-hybridized carbons (Fsp3) is 0.467. The summed E-state index contributed by atoms with van der Waals surface area (Å²) in [6.07, 6.45) is 2.19. The van der Waals surface area contributed by atoms with E-state index in [-0.39, 0.29) is 24.9 Å². The Kier molecular flexibility index (Phi) is 5.12. The number of nitrogens with one attached hydrogen (secondary N) is 2. The molecule has 5 heteroatoms. The Hall–Kier alpha value is -1.88. The van der Waals surface area contributed by atoms with Crippen LogP contribution < -0.4 is 10.6 Å². The average molecular weight is 275 g/mol. The predicted octanol–water partition coefficient (Wildman–Crippen LogP) is 0.513. The number of carbonyl (C=O) groups excluding carboxylic acids is 2. The molecule has 1 aliphatic rings. The zero-order chi connectivity index (χ0) is 14.4. The van der Waals surface area contributed by atoms with Crippen molar-refractivity contribution in [1.29, 1.82) is 0 Å².